The minimum Gasteiger partial charge on any atom is -0.493 e. The SMILES string of the molecule is C=CCc1ccc(OCC(=O)Nc2nnc(SCc3ccc(F)cc3)s2)c(OC)c1. The molecule has 9 heteroatoms. The third-order valence-corrected chi connectivity index (χ3v) is 5.94. The fourth-order valence-electron chi connectivity index (χ4n) is 2.47. The molecule has 2 aromatic carbocycles. The third kappa shape index (κ3) is 6.30. The largest absolute Gasteiger partial charge is 0.493 e. The summed E-state index contributed by atoms with van der Waals surface area (Å²) >= 11 is 2.73. The molecule has 1 heterocycles. The molecule has 0 bridgehead atoms. The summed E-state index contributed by atoms with van der Waals surface area (Å²) in [7, 11) is 1.55. The van der Waals surface area contributed by atoms with Gasteiger partial charge in [0.2, 0.25) is 5.13 Å². The number of anilines is 1. The fourth-order valence-corrected chi connectivity index (χ4v) is 4.19. The molecule has 30 heavy (non-hydrogen) atoms. The van der Waals surface area contributed by atoms with Crippen molar-refractivity contribution in [3.63, 3.8) is 0 Å². The molecule has 0 aliphatic heterocycles. The van der Waals surface area contributed by atoms with Gasteiger partial charge in [0.25, 0.3) is 5.91 Å². The van der Waals surface area contributed by atoms with Crippen LogP contribution in [0.5, 0.6) is 11.5 Å². The average Bonchev–Trinajstić information content (AvgIpc) is 3.19. The van der Waals surface area contributed by atoms with E-state index >= 15 is 0 Å². The fraction of sp³-hybridized carbons (Fsp3) is 0.190. The molecule has 0 radical (unpaired) electrons. The highest BCUT2D eigenvalue weighted by Crippen LogP contribution is 2.29. The number of aromatic nitrogens is 2. The summed E-state index contributed by atoms with van der Waals surface area (Å²) in [4.78, 5) is 12.2. The number of thioether (sulfide) groups is 1. The lowest BCUT2D eigenvalue weighted by atomic mass is 10.1. The number of nitrogens with zero attached hydrogens (tertiary/aromatic N) is 2. The van der Waals surface area contributed by atoms with Crippen LogP contribution in [-0.2, 0) is 17.0 Å². The Kier molecular flexibility index (Phi) is 7.81. The van der Waals surface area contributed by atoms with Gasteiger partial charge in [-0.1, -0.05) is 47.4 Å². The summed E-state index contributed by atoms with van der Waals surface area (Å²) in [6, 6.07) is 11.8. The topological polar surface area (TPSA) is 73.3 Å². The number of hydrogen-bond acceptors (Lipinski definition) is 7. The quantitative estimate of drug-likeness (QED) is 0.276. The van der Waals surface area contributed by atoms with Crippen LogP contribution < -0.4 is 14.8 Å². The molecule has 1 aromatic heterocycles. The predicted octanol–water partition coefficient (Wildman–Crippen LogP) is 4.72. The highest BCUT2D eigenvalue weighted by Gasteiger charge is 2.12. The number of allylic oxidation sites excluding steroid dienone is 1. The number of hydrogen-bond donors (Lipinski definition) is 1. The second-order valence-corrected chi connectivity index (χ2v) is 8.30. The Morgan fingerprint density at radius 3 is 2.70 bits per heavy atom. The van der Waals surface area contributed by atoms with E-state index in [-0.39, 0.29) is 18.3 Å². The van der Waals surface area contributed by atoms with E-state index in [0.717, 1.165) is 17.5 Å². The lowest BCUT2D eigenvalue weighted by Gasteiger charge is -2.11. The number of methoxy groups -OCH3 is 1. The molecule has 0 fully saturated rings. The average molecular weight is 446 g/mol. The molecule has 6 nitrogen and oxygen atoms in total. The molecule has 0 aliphatic rings. The van der Waals surface area contributed by atoms with Gasteiger partial charge in [-0.25, -0.2) is 4.39 Å². The Morgan fingerprint density at radius 2 is 1.97 bits per heavy atom. The van der Waals surface area contributed by atoms with E-state index < -0.39 is 0 Å². The van der Waals surface area contributed by atoms with Crippen molar-refractivity contribution in [2.45, 2.75) is 16.5 Å². The maximum absolute atomic E-state index is 12.9. The molecule has 1 amide bonds. The standard InChI is InChI=1S/C21H20FN3O3S2/c1-3-4-14-7-10-17(18(11-14)27-2)28-12-19(26)23-20-24-25-21(30-20)29-13-15-5-8-16(22)9-6-15/h3,5-11H,1,4,12-13H2,2H3,(H,23,24,26). The first kappa shape index (κ1) is 21.8. The summed E-state index contributed by atoms with van der Waals surface area (Å²) in [5, 5.41) is 11.1. The second kappa shape index (κ2) is 10.7. The van der Waals surface area contributed by atoms with E-state index in [1.165, 1.54) is 35.2 Å². The van der Waals surface area contributed by atoms with Gasteiger partial charge in [0.05, 0.1) is 7.11 Å². The zero-order valence-corrected chi connectivity index (χ0v) is 17.9. The maximum atomic E-state index is 12.9. The van der Waals surface area contributed by atoms with Crippen LogP contribution >= 0.6 is 23.1 Å². The maximum Gasteiger partial charge on any atom is 0.264 e. The molecule has 0 unspecified atom stereocenters. The van der Waals surface area contributed by atoms with Crippen LogP contribution in [0.15, 0.2) is 59.5 Å². The van der Waals surface area contributed by atoms with Crippen LogP contribution in [0.4, 0.5) is 9.52 Å². The van der Waals surface area contributed by atoms with Crippen LogP contribution in [0, 0.1) is 5.82 Å². The number of ether oxygens (including phenoxy) is 2. The molecule has 1 N–H and O–H groups in total. The Morgan fingerprint density at radius 1 is 1.20 bits per heavy atom. The number of benzene rings is 2. The van der Waals surface area contributed by atoms with Crippen LogP contribution in [0.3, 0.4) is 0 Å². The monoisotopic (exact) mass is 445 g/mol. The highest BCUT2D eigenvalue weighted by atomic mass is 32.2. The number of nitrogens with one attached hydrogen (secondary N) is 1. The van der Waals surface area contributed by atoms with Crippen molar-refractivity contribution in [3.8, 4) is 11.5 Å². The summed E-state index contributed by atoms with van der Waals surface area (Å²) < 4.78 is 24.5. The van der Waals surface area contributed by atoms with Crippen molar-refractivity contribution in [2.75, 3.05) is 19.0 Å². The first-order valence-corrected chi connectivity index (χ1v) is 10.8. The number of halogens is 1. The first-order chi connectivity index (χ1) is 14.6. The highest BCUT2D eigenvalue weighted by molar-refractivity contribution is 8.00. The predicted molar refractivity (Wildman–Crippen MR) is 117 cm³/mol. The summed E-state index contributed by atoms with van der Waals surface area (Å²) in [5.41, 5.74) is 2.02. The van der Waals surface area contributed by atoms with E-state index in [0.29, 0.717) is 26.7 Å². The molecule has 0 saturated heterocycles. The van der Waals surface area contributed by atoms with Crippen LogP contribution in [-0.4, -0.2) is 29.8 Å². The number of amides is 1. The van der Waals surface area contributed by atoms with Gasteiger partial charge in [-0.05, 0) is 41.8 Å². The van der Waals surface area contributed by atoms with Crippen molar-refractivity contribution in [1.82, 2.24) is 10.2 Å². The summed E-state index contributed by atoms with van der Waals surface area (Å²) in [6.07, 6.45) is 2.52. The molecular weight excluding hydrogens is 425 g/mol. The molecule has 0 atom stereocenters. The van der Waals surface area contributed by atoms with Crippen molar-refractivity contribution in [3.05, 3.63) is 72.1 Å². The molecule has 0 aliphatic carbocycles. The van der Waals surface area contributed by atoms with Crippen molar-refractivity contribution >= 4 is 34.1 Å². The summed E-state index contributed by atoms with van der Waals surface area (Å²) in [6.45, 7) is 3.53. The van der Waals surface area contributed by atoms with Gasteiger partial charge in [0.1, 0.15) is 5.82 Å². The van der Waals surface area contributed by atoms with Crippen LogP contribution in [0.25, 0.3) is 0 Å². The van der Waals surface area contributed by atoms with Gasteiger partial charge in [-0.15, -0.1) is 16.8 Å². The van der Waals surface area contributed by atoms with Crippen molar-refractivity contribution in [1.29, 1.82) is 0 Å². The number of carbonyl (C=O) groups is 1. The number of carbonyl (C=O) groups excluding carboxylic acids is 1. The minimum atomic E-state index is -0.349. The molecule has 3 aromatic rings. The first-order valence-electron chi connectivity index (χ1n) is 8.98. The Bertz CT molecular complexity index is 1010. The zero-order chi connectivity index (χ0) is 21.3. The molecule has 156 valence electrons. The molecule has 0 spiro atoms. The molecule has 0 saturated carbocycles. The molecular formula is C21H20FN3O3S2. The van der Waals surface area contributed by atoms with Crippen LogP contribution in [0.1, 0.15) is 11.1 Å². The molecule has 3 rings (SSSR count). The minimum absolute atomic E-state index is 0.186. The van der Waals surface area contributed by atoms with Gasteiger partial charge < -0.3 is 9.47 Å². The van der Waals surface area contributed by atoms with Gasteiger partial charge >= 0.3 is 0 Å². The number of rotatable bonds is 10. The lowest BCUT2D eigenvalue weighted by molar-refractivity contribution is -0.118. The Labute approximate surface area is 182 Å². The van der Waals surface area contributed by atoms with Crippen LogP contribution in [0.2, 0.25) is 0 Å². The second-order valence-electron chi connectivity index (χ2n) is 6.10. The van der Waals surface area contributed by atoms with Crippen molar-refractivity contribution in [2.24, 2.45) is 0 Å². The Hall–Kier alpha value is -2.91. The van der Waals surface area contributed by atoms with Crippen molar-refractivity contribution < 1.29 is 18.7 Å². The van der Waals surface area contributed by atoms with Gasteiger partial charge in [0, 0.05) is 5.75 Å². The van der Waals surface area contributed by atoms with E-state index in [9.17, 15) is 9.18 Å². The van der Waals surface area contributed by atoms with E-state index in [4.69, 9.17) is 9.47 Å². The summed E-state index contributed by atoms with van der Waals surface area (Å²) in [5.74, 6) is 1.05. The Balaban J connectivity index is 1.49. The van der Waals surface area contributed by atoms with Gasteiger partial charge in [-0.3, -0.25) is 10.1 Å². The zero-order valence-electron chi connectivity index (χ0n) is 16.3. The normalized spacial score (nSPS) is 10.5. The third-order valence-electron chi connectivity index (χ3n) is 3.90. The van der Waals surface area contributed by atoms with E-state index in [1.54, 1.807) is 31.4 Å². The van der Waals surface area contributed by atoms with E-state index in [1.807, 2.05) is 12.1 Å². The lowest BCUT2D eigenvalue weighted by Crippen LogP contribution is -2.20. The van der Waals surface area contributed by atoms with E-state index in [2.05, 4.69) is 22.1 Å². The van der Waals surface area contributed by atoms with Gasteiger partial charge in [0.15, 0.2) is 22.4 Å². The van der Waals surface area contributed by atoms with Gasteiger partial charge in [-0.2, -0.15) is 0 Å². The smallest absolute Gasteiger partial charge is 0.264 e.